The maximum Gasteiger partial charge on any atom is 0.309 e. The minimum Gasteiger partial charge on any atom is -0.469 e. The molecule has 1 unspecified atom stereocenters. The average molecular weight is 254 g/mol. The summed E-state index contributed by atoms with van der Waals surface area (Å²) in [5.74, 6) is 0.837. The number of methoxy groups -OCH3 is 1. The molecule has 0 aliphatic rings. The van der Waals surface area contributed by atoms with Crippen LogP contribution in [0, 0.1) is 11.8 Å². The second kappa shape index (κ2) is 7.08. The van der Waals surface area contributed by atoms with Gasteiger partial charge in [-0.15, -0.1) is 5.10 Å². The van der Waals surface area contributed by atoms with Gasteiger partial charge in [-0.1, -0.05) is 20.8 Å². The van der Waals surface area contributed by atoms with Crippen molar-refractivity contribution >= 4 is 5.97 Å². The highest BCUT2D eigenvalue weighted by molar-refractivity contribution is 5.72. The summed E-state index contributed by atoms with van der Waals surface area (Å²) in [5, 5.41) is 11.6. The first kappa shape index (κ1) is 14.6. The van der Waals surface area contributed by atoms with Crippen LogP contribution in [-0.2, 0) is 22.5 Å². The molecule has 6 nitrogen and oxygen atoms in total. The van der Waals surface area contributed by atoms with Gasteiger partial charge in [0.15, 0.2) is 5.82 Å². The van der Waals surface area contributed by atoms with Crippen LogP contribution in [0.15, 0.2) is 0 Å². The van der Waals surface area contributed by atoms with Crippen LogP contribution in [-0.4, -0.2) is 33.3 Å². The molecule has 0 saturated carbocycles. The predicted octanol–water partition coefficient (Wildman–Crippen LogP) is 1.46. The van der Waals surface area contributed by atoms with Gasteiger partial charge in [0.2, 0.25) is 0 Å². The van der Waals surface area contributed by atoms with Crippen LogP contribution >= 0.6 is 0 Å². The number of hydrogen-bond acceptors (Lipinski definition) is 5. The molecule has 0 fully saturated rings. The summed E-state index contributed by atoms with van der Waals surface area (Å²) < 4.78 is 6.61. The molecule has 0 aliphatic heterocycles. The van der Waals surface area contributed by atoms with Crippen LogP contribution in [0.25, 0.3) is 0 Å². The molecule has 0 aliphatic carbocycles. The number of aromatic nitrogens is 4. The second-order valence-electron chi connectivity index (χ2n) is 4.87. The van der Waals surface area contributed by atoms with E-state index in [-0.39, 0.29) is 11.9 Å². The normalized spacial score (nSPS) is 12.7. The number of ether oxygens (including phenoxy) is 1. The lowest BCUT2D eigenvalue weighted by molar-refractivity contribution is -0.146. The molecule has 0 bridgehead atoms. The third-order valence-electron chi connectivity index (χ3n) is 2.76. The number of carbonyl (C=O) groups is 1. The van der Waals surface area contributed by atoms with Crippen molar-refractivity contribution < 1.29 is 9.53 Å². The zero-order chi connectivity index (χ0) is 13.5. The van der Waals surface area contributed by atoms with Gasteiger partial charge in [-0.05, 0) is 29.2 Å². The molecule has 1 heterocycles. The lowest BCUT2D eigenvalue weighted by Crippen LogP contribution is -2.22. The highest BCUT2D eigenvalue weighted by atomic mass is 16.5. The Bertz CT molecular complexity index is 376. The van der Waals surface area contributed by atoms with Crippen molar-refractivity contribution in [3.8, 4) is 0 Å². The smallest absolute Gasteiger partial charge is 0.309 e. The van der Waals surface area contributed by atoms with Crippen LogP contribution in [0.4, 0.5) is 0 Å². The molecular weight excluding hydrogens is 232 g/mol. The Morgan fingerprint density at radius 2 is 2.17 bits per heavy atom. The Kier molecular flexibility index (Phi) is 5.74. The summed E-state index contributed by atoms with van der Waals surface area (Å²) in [5.41, 5.74) is 0. The lowest BCUT2D eigenvalue weighted by atomic mass is 9.94. The van der Waals surface area contributed by atoms with Crippen LogP contribution in [0.1, 0.15) is 39.4 Å². The first-order chi connectivity index (χ1) is 8.58. The Labute approximate surface area is 108 Å². The summed E-state index contributed by atoms with van der Waals surface area (Å²) in [4.78, 5) is 11.7. The molecule has 102 valence electrons. The average Bonchev–Trinajstić information content (AvgIpc) is 2.75. The van der Waals surface area contributed by atoms with Crippen molar-refractivity contribution in [2.24, 2.45) is 11.8 Å². The molecule has 1 rings (SSSR count). The zero-order valence-corrected chi connectivity index (χ0v) is 11.6. The quantitative estimate of drug-likeness (QED) is 0.689. The minimum atomic E-state index is -0.185. The predicted molar refractivity (Wildman–Crippen MR) is 66.8 cm³/mol. The fourth-order valence-electron chi connectivity index (χ4n) is 1.97. The van der Waals surface area contributed by atoms with E-state index in [1.165, 1.54) is 7.11 Å². The van der Waals surface area contributed by atoms with E-state index < -0.39 is 0 Å². The van der Waals surface area contributed by atoms with E-state index in [9.17, 15) is 4.79 Å². The molecule has 1 aromatic heterocycles. The standard InChI is InChI=1S/C12H22N4O2/c1-5-6-16-11(13-14-15-16)8-10(7-9(2)3)12(17)18-4/h9-10H,5-8H2,1-4H3. The highest BCUT2D eigenvalue weighted by Gasteiger charge is 2.23. The Hall–Kier alpha value is -1.46. The molecule has 1 atom stereocenters. The van der Waals surface area contributed by atoms with Crippen molar-refractivity contribution in [1.82, 2.24) is 20.2 Å². The number of aryl methyl sites for hydroxylation is 1. The Morgan fingerprint density at radius 3 is 2.72 bits per heavy atom. The Balaban J connectivity index is 2.75. The lowest BCUT2D eigenvalue weighted by Gasteiger charge is -2.16. The number of rotatable bonds is 7. The van der Waals surface area contributed by atoms with Crippen LogP contribution in [0.5, 0.6) is 0 Å². The molecule has 0 amide bonds. The maximum absolute atomic E-state index is 11.7. The van der Waals surface area contributed by atoms with Gasteiger partial charge in [-0.3, -0.25) is 4.79 Å². The van der Waals surface area contributed by atoms with Crippen LogP contribution in [0.2, 0.25) is 0 Å². The van der Waals surface area contributed by atoms with Crippen molar-refractivity contribution in [3.63, 3.8) is 0 Å². The van der Waals surface area contributed by atoms with Gasteiger partial charge < -0.3 is 4.74 Å². The van der Waals surface area contributed by atoms with Crippen molar-refractivity contribution in [2.75, 3.05) is 7.11 Å². The summed E-state index contributed by atoms with van der Waals surface area (Å²) in [6, 6.07) is 0. The fourth-order valence-corrected chi connectivity index (χ4v) is 1.97. The number of nitrogens with zero attached hydrogens (tertiary/aromatic N) is 4. The molecule has 6 heteroatoms. The van der Waals surface area contributed by atoms with Crippen LogP contribution < -0.4 is 0 Å². The van der Waals surface area contributed by atoms with Gasteiger partial charge in [0, 0.05) is 13.0 Å². The van der Waals surface area contributed by atoms with E-state index in [4.69, 9.17) is 4.74 Å². The molecule has 0 aromatic carbocycles. The number of tetrazole rings is 1. The fraction of sp³-hybridized carbons (Fsp3) is 0.833. The molecule has 18 heavy (non-hydrogen) atoms. The zero-order valence-electron chi connectivity index (χ0n) is 11.6. The summed E-state index contributed by atoms with van der Waals surface area (Å²) in [6.07, 6.45) is 2.29. The summed E-state index contributed by atoms with van der Waals surface area (Å²) in [7, 11) is 1.42. The third-order valence-corrected chi connectivity index (χ3v) is 2.76. The topological polar surface area (TPSA) is 69.9 Å². The first-order valence-corrected chi connectivity index (χ1v) is 6.41. The monoisotopic (exact) mass is 254 g/mol. The highest BCUT2D eigenvalue weighted by Crippen LogP contribution is 2.17. The van der Waals surface area contributed by atoms with Crippen molar-refractivity contribution in [1.29, 1.82) is 0 Å². The van der Waals surface area contributed by atoms with Gasteiger partial charge >= 0.3 is 5.97 Å². The molecule has 0 N–H and O–H groups in total. The van der Waals surface area contributed by atoms with E-state index in [1.54, 1.807) is 4.68 Å². The van der Waals surface area contributed by atoms with Gasteiger partial charge in [0.25, 0.3) is 0 Å². The van der Waals surface area contributed by atoms with Gasteiger partial charge in [-0.2, -0.15) is 0 Å². The van der Waals surface area contributed by atoms with Gasteiger partial charge in [-0.25, -0.2) is 4.68 Å². The molecule has 0 saturated heterocycles. The van der Waals surface area contributed by atoms with Crippen LogP contribution in [0.3, 0.4) is 0 Å². The van der Waals surface area contributed by atoms with Gasteiger partial charge in [0.05, 0.1) is 13.0 Å². The van der Waals surface area contributed by atoms with Gasteiger partial charge in [0.1, 0.15) is 0 Å². The van der Waals surface area contributed by atoms with Crippen molar-refractivity contribution in [3.05, 3.63) is 5.82 Å². The van der Waals surface area contributed by atoms with E-state index >= 15 is 0 Å². The van der Waals surface area contributed by atoms with E-state index in [0.717, 1.165) is 25.2 Å². The second-order valence-corrected chi connectivity index (χ2v) is 4.87. The first-order valence-electron chi connectivity index (χ1n) is 6.41. The number of hydrogen-bond donors (Lipinski definition) is 0. The van der Waals surface area contributed by atoms with E-state index in [0.29, 0.717) is 12.3 Å². The largest absolute Gasteiger partial charge is 0.469 e. The van der Waals surface area contributed by atoms with E-state index in [1.807, 2.05) is 0 Å². The SMILES string of the molecule is CCCn1nnnc1CC(CC(C)C)C(=O)OC. The third kappa shape index (κ3) is 4.09. The minimum absolute atomic E-state index is 0.170. The molecule has 1 aromatic rings. The summed E-state index contributed by atoms with van der Waals surface area (Å²) in [6.45, 7) is 7.02. The summed E-state index contributed by atoms with van der Waals surface area (Å²) >= 11 is 0. The maximum atomic E-state index is 11.7. The molecular formula is C12H22N4O2. The molecule has 0 radical (unpaired) electrons. The Morgan fingerprint density at radius 1 is 1.44 bits per heavy atom. The number of esters is 1. The number of carbonyl (C=O) groups excluding carboxylic acids is 1. The van der Waals surface area contributed by atoms with Crippen molar-refractivity contribution in [2.45, 2.75) is 46.6 Å². The van der Waals surface area contributed by atoms with E-state index in [2.05, 4.69) is 36.3 Å². The molecule has 0 spiro atoms.